The van der Waals surface area contributed by atoms with E-state index in [9.17, 15) is 13.2 Å². The molecule has 3 saturated heterocycles. The highest BCUT2D eigenvalue weighted by Crippen LogP contribution is 2.45. The molecule has 0 N–H and O–H groups in total. The summed E-state index contributed by atoms with van der Waals surface area (Å²) in [5, 5.41) is 0.838. The second-order valence-corrected chi connectivity index (χ2v) is 11.8. The number of pyridine rings is 2. The Balaban J connectivity index is 1.31. The number of alkyl halides is 2. The maximum absolute atomic E-state index is 16.8. The number of benzene rings is 1. The van der Waals surface area contributed by atoms with Crippen molar-refractivity contribution in [3.63, 3.8) is 0 Å². The summed E-state index contributed by atoms with van der Waals surface area (Å²) in [4.78, 5) is 20.8. The summed E-state index contributed by atoms with van der Waals surface area (Å²) in [5.74, 6) is 0.424. The number of halogens is 4. The molecule has 4 fully saturated rings. The van der Waals surface area contributed by atoms with Crippen molar-refractivity contribution in [2.45, 2.75) is 43.2 Å². The Kier molecular flexibility index (Phi) is 5.88. The normalized spacial score (nSPS) is 29.1. The van der Waals surface area contributed by atoms with E-state index in [2.05, 4.69) is 25.9 Å². The van der Waals surface area contributed by atoms with E-state index in [4.69, 9.17) is 18.6 Å². The fraction of sp³-hybridized carbons (Fsp3) is 0.438. The summed E-state index contributed by atoms with van der Waals surface area (Å²) in [5.41, 5.74) is -1.71. The monoisotopic (exact) mass is 606 g/mol. The molecule has 0 unspecified atom stereocenters. The first-order chi connectivity index (χ1) is 22.1. The number of nitrogens with zero attached hydrogens (tertiary/aromatic N) is 6. The van der Waals surface area contributed by atoms with Crippen molar-refractivity contribution < 1.29 is 29.8 Å². The minimum atomic E-state index is -2.45. The van der Waals surface area contributed by atoms with Gasteiger partial charge in [0.15, 0.2) is 5.82 Å². The molecular weight excluding hydrogens is 576 g/mol. The molecule has 12 heteroatoms. The van der Waals surface area contributed by atoms with Crippen LogP contribution in [0.5, 0.6) is 6.01 Å². The summed E-state index contributed by atoms with van der Waals surface area (Å²) in [6, 6.07) is 1.60. The van der Waals surface area contributed by atoms with Crippen LogP contribution in [-0.2, 0) is 4.74 Å². The number of ether oxygens (including phenoxy) is 2. The van der Waals surface area contributed by atoms with Crippen LogP contribution in [0.3, 0.4) is 0 Å². The first-order valence-electron chi connectivity index (χ1n) is 15.6. The second kappa shape index (κ2) is 10.2. The SMILES string of the molecule is [2H]C([2H])(Oc1nc(N2CCOC[C@H]3[C@H](F)[C@H]32)c2cnc(-c3cncc4ccc(F)c(C#C)c34)c(F)c2n1)[C@@]12CCCN1C[C@H](F)C2. The van der Waals surface area contributed by atoms with E-state index in [1.165, 1.54) is 30.7 Å². The lowest BCUT2D eigenvalue weighted by atomic mass is 9.95. The van der Waals surface area contributed by atoms with Crippen molar-refractivity contribution in [3.05, 3.63) is 47.9 Å². The molecule has 0 bridgehead atoms. The third-order valence-electron chi connectivity index (χ3n) is 9.30. The van der Waals surface area contributed by atoms with Crippen LogP contribution in [0.25, 0.3) is 32.9 Å². The van der Waals surface area contributed by atoms with Gasteiger partial charge in [0.2, 0.25) is 0 Å². The van der Waals surface area contributed by atoms with Crippen LogP contribution in [0.4, 0.5) is 23.4 Å². The van der Waals surface area contributed by atoms with Gasteiger partial charge in [0.25, 0.3) is 0 Å². The van der Waals surface area contributed by atoms with Crippen molar-refractivity contribution >= 4 is 27.5 Å². The van der Waals surface area contributed by atoms with Gasteiger partial charge in [-0.3, -0.25) is 14.9 Å². The summed E-state index contributed by atoms with van der Waals surface area (Å²) >= 11 is 0. The van der Waals surface area contributed by atoms with Gasteiger partial charge in [-0.25, -0.2) is 17.6 Å². The lowest BCUT2D eigenvalue weighted by molar-refractivity contribution is 0.107. The lowest BCUT2D eigenvalue weighted by Crippen LogP contribution is -2.43. The fourth-order valence-corrected chi connectivity index (χ4v) is 7.13. The Morgan fingerprint density at radius 2 is 2.07 bits per heavy atom. The highest BCUT2D eigenvalue weighted by Gasteiger charge is 2.56. The Bertz CT molecular complexity index is 1940. The van der Waals surface area contributed by atoms with Gasteiger partial charge in [-0.2, -0.15) is 9.97 Å². The smallest absolute Gasteiger partial charge is 0.319 e. The minimum Gasteiger partial charge on any atom is -0.461 e. The minimum absolute atomic E-state index is 0.0677. The molecule has 0 amide bonds. The number of terminal acetylenes is 1. The van der Waals surface area contributed by atoms with Crippen LogP contribution in [0, 0.1) is 29.9 Å². The first-order valence-corrected chi connectivity index (χ1v) is 14.6. The summed E-state index contributed by atoms with van der Waals surface area (Å²) < 4.78 is 90.5. The van der Waals surface area contributed by atoms with Crippen LogP contribution >= 0.6 is 0 Å². The van der Waals surface area contributed by atoms with Crippen LogP contribution in [0.2, 0.25) is 0 Å². The number of fused-ring (bicyclic) bond motifs is 4. The molecule has 6 heterocycles. The van der Waals surface area contributed by atoms with E-state index in [-0.39, 0.29) is 71.7 Å². The van der Waals surface area contributed by atoms with Gasteiger partial charge in [0.1, 0.15) is 41.7 Å². The molecule has 8 nitrogen and oxygen atoms in total. The van der Waals surface area contributed by atoms with Gasteiger partial charge in [0.05, 0.1) is 38.5 Å². The number of aromatic nitrogens is 4. The molecule has 1 aromatic carbocycles. The molecule has 4 aromatic rings. The van der Waals surface area contributed by atoms with E-state index in [1.807, 2.05) is 0 Å². The molecule has 8 rings (SSSR count). The van der Waals surface area contributed by atoms with Crippen molar-refractivity contribution in [2.24, 2.45) is 5.92 Å². The second-order valence-electron chi connectivity index (χ2n) is 11.8. The molecule has 1 saturated carbocycles. The third-order valence-corrected chi connectivity index (χ3v) is 9.30. The molecule has 0 spiro atoms. The standard InChI is InChI=1S/C32H28F4N6O2/c1-2-19-23(34)5-4-17-11-37-12-20(24(17)19)27-26(36)28-21(13-38-27)30(42-8-9-43-15-22-25(35)29(22)42)40-31(39-28)44-16-32-6-3-7-41(32)14-18(33)10-32/h1,4-5,11-13,18,22,25,29H,3,6-10,14-16H2/t18-,22+,25+,29+,32+/m1/s1/i16D2. The third kappa shape index (κ3) is 4.20. The van der Waals surface area contributed by atoms with E-state index < -0.39 is 54.0 Å². The maximum atomic E-state index is 16.8. The van der Waals surface area contributed by atoms with Crippen molar-refractivity contribution in [1.82, 2.24) is 24.8 Å². The zero-order valence-corrected chi connectivity index (χ0v) is 23.4. The summed E-state index contributed by atoms with van der Waals surface area (Å²) in [6.45, 7) is -1.14. The average molecular weight is 607 g/mol. The predicted octanol–water partition coefficient (Wildman–Crippen LogP) is 4.63. The average Bonchev–Trinajstić information content (AvgIpc) is 3.39. The van der Waals surface area contributed by atoms with Crippen LogP contribution < -0.4 is 9.64 Å². The molecule has 3 aromatic heterocycles. The largest absolute Gasteiger partial charge is 0.461 e. The Morgan fingerprint density at radius 3 is 2.93 bits per heavy atom. The fourth-order valence-electron chi connectivity index (χ4n) is 7.13. The Morgan fingerprint density at radius 1 is 1.18 bits per heavy atom. The van der Waals surface area contributed by atoms with Crippen LogP contribution in [0.1, 0.15) is 27.6 Å². The van der Waals surface area contributed by atoms with Gasteiger partial charge < -0.3 is 14.4 Å². The van der Waals surface area contributed by atoms with Crippen molar-refractivity contribution in [2.75, 3.05) is 44.3 Å². The van der Waals surface area contributed by atoms with Crippen molar-refractivity contribution in [3.8, 4) is 29.6 Å². The van der Waals surface area contributed by atoms with E-state index in [0.717, 1.165) is 0 Å². The van der Waals surface area contributed by atoms with E-state index >= 15 is 4.39 Å². The highest BCUT2D eigenvalue weighted by atomic mass is 19.1. The van der Waals surface area contributed by atoms with Gasteiger partial charge in [0, 0.05) is 60.4 Å². The summed E-state index contributed by atoms with van der Waals surface area (Å²) in [6.07, 6.45) is 8.31. The molecule has 0 radical (unpaired) electrons. The molecule has 3 aliphatic heterocycles. The van der Waals surface area contributed by atoms with Gasteiger partial charge >= 0.3 is 6.01 Å². The zero-order valence-electron chi connectivity index (χ0n) is 25.4. The van der Waals surface area contributed by atoms with Crippen LogP contribution in [0.15, 0.2) is 30.7 Å². The molecule has 5 atom stereocenters. The van der Waals surface area contributed by atoms with E-state index in [0.29, 0.717) is 24.8 Å². The van der Waals surface area contributed by atoms with E-state index in [1.54, 1.807) is 9.80 Å². The quantitative estimate of drug-likeness (QED) is 0.241. The number of anilines is 1. The molecule has 1 aliphatic carbocycles. The Hall–Kier alpha value is -4.08. The Labute approximate surface area is 253 Å². The lowest BCUT2D eigenvalue weighted by Gasteiger charge is -2.31. The first kappa shape index (κ1) is 25.3. The number of hydrogen-bond acceptors (Lipinski definition) is 8. The van der Waals surface area contributed by atoms with Gasteiger partial charge in [-0.1, -0.05) is 5.92 Å². The van der Waals surface area contributed by atoms with Gasteiger partial charge in [-0.05, 0) is 31.5 Å². The highest BCUT2D eigenvalue weighted by molar-refractivity contribution is 6.01. The van der Waals surface area contributed by atoms with Crippen molar-refractivity contribution in [1.29, 1.82) is 0 Å². The zero-order chi connectivity index (χ0) is 32.0. The summed E-state index contributed by atoms with van der Waals surface area (Å²) in [7, 11) is 0. The number of rotatable bonds is 5. The molecular formula is C32H28F4N6O2. The molecule has 44 heavy (non-hydrogen) atoms. The number of hydrogen-bond donors (Lipinski definition) is 0. The van der Waals surface area contributed by atoms with Crippen LogP contribution in [-0.4, -0.2) is 88.2 Å². The predicted molar refractivity (Wildman–Crippen MR) is 155 cm³/mol. The topological polar surface area (TPSA) is 76.5 Å². The molecule has 4 aliphatic rings. The van der Waals surface area contributed by atoms with Gasteiger partial charge in [-0.15, -0.1) is 6.42 Å². The maximum Gasteiger partial charge on any atom is 0.319 e. The molecule has 226 valence electrons.